The second-order valence-corrected chi connectivity index (χ2v) is 5.29. The minimum Gasteiger partial charge on any atom is -0.508 e. The Labute approximate surface area is 132 Å². The van der Waals surface area contributed by atoms with Crippen LogP contribution in [0.2, 0.25) is 5.02 Å². The van der Waals surface area contributed by atoms with Crippen LogP contribution < -0.4 is 5.43 Å². The predicted molar refractivity (Wildman–Crippen MR) is 85.8 cm³/mol. The number of hydrogen-bond acceptors (Lipinski definition) is 4. The maximum Gasteiger partial charge on any atom is 0.272 e. The number of phenols is 2. The predicted octanol–water partition coefficient (Wildman–Crippen LogP) is 3.13. The third kappa shape index (κ3) is 3.56. The second-order valence-electron chi connectivity index (χ2n) is 4.88. The average Bonchev–Trinajstić information content (AvgIpc) is 2.41. The molecule has 3 N–H and O–H groups in total. The van der Waals surface area contributed by atoms with Gasteiger partial charge in [-0.05, 0) is 43.2 Å². The summed E-state index contributed by atoms with van der Waals surface area (Å²) in [6, 6.07) is 7.77. The lowest BCUT2D eigenvalue weighted by Crippen LogP contribution is -2.18. The van der Waals surface area contributed by atoms with Crippen molar-refractivity contribution in [2.75, 3.05) is 0 Å². The summed E-state index contributed by atoms with van der Waals surface area (Å²) in [5, 5.41) is 23.2. The Balaban J connectivity index is 2.14. The fraction of sp³-hybridized carbons (Fsp3) is 0.125. The molecule has 0 unspecified atom stereocenters. The van der Waals surface area contributed by atoms with Gasteiger partial charge in [0.1, 0.15) is 11.5 Å². The summed E-state index contributed by atoms with van der Waals surface area (Å²) in [6.07, 6.45) is 1.31. The van der Waals surface area contributed by atoms with Crippen LogP contribution in [-0.4, -0.2) is 22.3 Å². The highest BCUT2D eigenvalue weighted by Crippen LogP contribution is 2.25. The van der Waals surface area contributed by atoms with E-state index in [0.717, 1.165) is 5.56 Å². The van der Waals surface area contributed by atoms with Crippen LogP contribution in [0.15, 0.2) is 35.4 Å². The molecule has 0 bridgehead atoms. The number of hydrazone groups is 1. The summed E-state index contributed by atoms with van der Waals surface area (Å²) in [7, 11) is 0. The van der Waals surface area contributed by atoms with E-state index in [1.54, 1.807) is 25.1 Å². The molecule has 0 fully saturated rings. The molecule has 0 radical (unpaired) electrons. The van der Waals surface area contributed by atoms with Crippen molar-refractivity contribution in [3.63, 3.8) is 0 Å². The van der Waals surface area contributed by atoms with Crippen LogP contribution in [0.3, 0.4) is 0 Å². The van der Waals surface area contributed by atoms with Crippen LogP contribution in [0.1, 0.15) is 27.0 Å². The number of benzene rings is 2. The van der Waals surface area contributed by atoms with Crippen molar-refractivity contribution in [3.8, 4) is 11.5 Å². The Morgan fingerprint density at radius 2 is 1.95 bits per heavy atom. The van der Waals surface area contributed by atoms with Gasteiger partial charge in [-0.1, -0.05) is 17.7 Å². The summed E-state index contributed by atoms with van der Waals surface area (Å²) in [6.45, 7) is 3.58. The normalized spacial score (nSPS) is 10.9. The van der Waals surface area contributed by atoms with Gasteiger partial charge in [-0.3, -0.25) is 4.79 Å². The van der Waals surface area contributed by atoms with E-state index in [0.29, 0.717) is 21.7 Å². The summed E-state index contributed by atoms with van der Waals surface area (Å²) in [5.41, 5.74) is 4.66. The zero-order valence-corrected chi connectivity index (χ0v) is 12.8. The van der Waals surface area contributed by atoms with Gasteiger partial charge in [0.25, 0.3) is 5.91 Å². The molecule has 0 saturated carbocycles. The molecule has 22 heavy (non-hydrogen) atoms. The molecule has 0 spiro atoms. The van der Waals surface area contributed by atoms with Crippen LogP contribution in [0.25, 0.3) is 0 Å². The maximum absolute atomic E-state index is 12.0. The number of carbonyl (C=O) groups is 1. The Hall–Kier alpha value is -2.53. The number of aryl methyl sites for hydroxylation is 2. The molecule has 2 rings (SSSR count). The monoisotopic (exact) mass is 318 g/mol. The van der Waals surface area contributed by atoms with Crippen LogP contribution in [0.4, 0.5) is 0 Å². The van der Waals surface area contributed by atoms with Crippen molar-refractivity contribution >= 4 is 23.7 Å². The van der Waals surface area contributed by atoms with Gasteiger partial charge in [0.2, 0.25) is 0 Å². The lowest BCUT2D eigenvalue weighted by atomic mass is 10.1. The van der Waals surface area contributed by atoms with E-state index >= 15 is 0 Å². The maximum atomic E-state index is 12.0. The molecule has 2 aromatic carbocycles. The zero-order valence-electron chi connectivity index (χ0n) is 12.1. The fourth-order valence-corrected chi connectivity index (χ4v) is 2.27. The summed E-state index contributed by atoms with van der Waals surface area (Å²) in [4.78, 5) is 12.0. The SMILES string of the molecule is Cc1ccc(C(=O)N/N=C/c2c(C)cc(O)cc2O)c(Cl)c1. The highest BCUT2D eigenvalue weighted by atomic mass is 35.5. The lowest BCUT2D eigenvalue weighted by Gasteiger charge is -2.05. The van der Waals surface area contributed by atoms with Crippen LogP contribution in [-0.2, 0) is 0 Å². The van der Waals surface area contributed by atoms with Crippen molar-refractivity contribution in [2.45, 2.75) is 13.8 Å². The number of nitrogens with zero attached hydrogens (tertiary/aromatic N) is 1. The van der Waals surface area contributed by atoms with Crippen LogP contribution in [0.5, 0.6) is 11.5 Å². The average molecular weight is 319 g/mol. The van der Waals surface area contributed by atoms with Gasteiger partial charge in [0.05, 0.1) is 16.8 Å². The van der Waals surface area contributed by atoms with Crippen molar-refractivity contribution in [2.24, 2.45) is 5.10 Å². The molecular weight excluding hydrogens is 304 g/mol. The van der Waals surface area contributed by atoms with E-state index in [1.807, 2.05) is 6.92 Å². The minimum atomic E-state index is -0.447. The number of nitrogens with one attached hydrogen (secondary N) is 1. The van der Waals surface area contributed by atoms with Crippen molar-refractivity contribution in [3.05, 3.63) is 57.6 Å². The number of halogens is 1. The van der Waals surface area contributed by atoms with E-state index in [2.05, 4.69) is 10.5 Å². The molecule has 0 saturated heterocycles. The molecule has 5 nitrogen and oxygen atoms in total. The topological polar surface area (TPSA) is 81.9 Å². The molecule has 0 aliphatic rings. The van der Waals surface area contributed by atoms with E-state index < -0.39 is 5.91 Å². The first kappa shape index (κ1) is 15.9. The lowest BCUT2D eigenvalue weighted by molar-refractivity contribution is 0.0955. The van der Waals surface area contributed by atoms with Gasteiger partial charge in [-0.25, -0.2) is 5.43 Å². The zero-order chi connectivity index (χ0) is 16.3. The van der Waals surface area contributed by atoms with Gasteiger partial charge in [-0.2, -0.15) is 5.10 Å². The smallest absolute Gasteiger partial charge is 0.272 e. The Bertz CT molecular complexity index is 734. The number of hydrogen-bond donors (Lipinski definition) is 3. The molecule has 0 atom stereocenters. The van der Waals surface area contributed by atoms with Crippen LogP contribution >= 0.6 is 11.6 Å². The minimum absolute atomic E-state index is 0.0392. The Kier molecular flexibility index (Phi) is 4.68. The van der Waals surface area contributed by atoms with E-state index in [1.165, 1.54) is 18.3 Å². The molecule has 0 aromatic heterocycles. The summed E-state index contributed by atoms with van der Waals surface area (Å²) >= 11 is 6.01. The number of aromatic hydroxyl groups is 2. The van der Waals surface area contributed by atoms with Crippen LogP contribution in [0, 0.1) is 13.8 Å². The third-order valence-electron chi connectivity index (χ3n) is 3.08. The van der Waals surface area contributed by atoms with E-state index in [-0.39, 0.29) is 11.5 Å². The largest absolute Gasteiger partial charge is 0.508 e. The molecule has 0 aliphatic heterocycles. The quantitative estimate of drug-likeness (QED) is 0.600. The van der Waals surface area contributed by atoms with E-state index in [9.17, 15) is 15.0 Å². The molecule has 114 valence electrons. The molecular formula is C16H15ClN2O3. The van der Waals surface area contributed by atoms with E-state index in [4.69, 9.17) is 11.6 Å². The molecule has 1 amide bonds. The number of amides is 1. The van der Waals surface area contributed by atoms with Gasteiger partial charge >= 0.3 is 0 Å². The first-order valence-electron chi connectivity index (χ1n) is 6.50. The number of rotatable bonds is 3. The fourth-order valence-electron chi connectivity index (χ4n) is 1.95. The second kappa shape index (κ2) is 6.49. The first-order chi connectivity index (χ1) is 10.4. The highest BCUT2D eigenvalue weighted by molar-refractivity contribution is 6.33. The molecule has 0 aliphatic carbocycles. The number of phenolic OH excluding ortho intramolecular Hbond substituents is 2. The summed E-state index contributed by atoms with van der Waals surface area (Å²) in [5.74, 6) is -0.608. The van der Waals surface area contributed by atoms with Crippen molar-refractivity contribution < 1.29 is 15.0 Å². The Morgan fingerprint density at radius 3 is 2.59 bits per heavy atom. The highest BCUT2D eigenvalue weighted by Gasteiger charge is 2.10. The molecule has 2 aromatic rings. The van der Waals surface area contributed by atoms with Gasteiger partial charge < -0.3 is 10.2 Å². The molecule has 0 heterocycles. The van der Waals surface area contributed by atoms with Gasteiger partial charge in [0.15, 0.2) is 0 Å². The van der Waals surface area contributed by atoms with Crippen molar-refractivity contribution in [1.29, 1.82) is 0 Å². The first-order valence-corrected chi connectivity index (χ1v) is 6.88. The van der Waals surface area contributed by atoms with Gasteiger partial charge in [0, 0.05) is 11.6 Å². The third-order valence-corrected chi connectivity index (χ3v) is 3.39. The Morgan fingerprint density at radius 1 is 1.23 bits per heavy atom. The number of carbonyl (C=O) groups excluding carboxylic acids is 1. The standard InChI is InChI=1S/C16H15ClN2O3/c1-9-3-4-12(14(17)5-9)16(22)19-18-8-13-10(2)6-11(20)7-15(13)21/h3-8,20-21H,1-2H3,(H,19,22)/b18-8+. The molecule has 6 heteroatoms. The van der Waals surface area contributed by atoms with Gasteiger partial charge in [-0.15, -0.1) is 0 Å². The summed E-state index contributed by atoms with van der Waals surface area (Å²) < 4.78 is 0. The van der Waals surface area contributed by atoms with Crippen molar-refractivity contribution in [1.82, 2.24) is 5.43 Å².